The van der Waals surface area contributed by atoms with Gasteiger partial charge in [-0.25, -0.2) is 0 Å². The highest BCUT2D eigenvalue weighted by molar-refractivity contribution is 5.95. The monoisotopic (exact) mass is 439 g/mol. The van der Waals surface area contributed by atoms with Crippen molar-refractivity contribution >= 4 is 5.91 Å². The molecule has 2 heterocycles. The van der Waals surface area contributed by atoms with Crippen LogP contribution in [0.25, 0.3) is 22.9 Å². The first-order valence-corrected chi connectivity index (χ1v) is 11.1. The number of carbonyl (C=O) groups is 1. The Morgan fingerprint density at radius 3 is 2.58 bits per heavy atom. The minimum atomic E-state index is 0.0259. The zero-order chi connectivity index (χ0) is 22.8. The third-order valence-corrected chi connectivity index (χ3v) is 6.17. The van der Waals surface area contributed by atoms with Crippen LogP contribution >= 0.6 is 0 Å². The van der Waals surface area contributed by atoms with Crippen LogP contribution in [-0.2, 0) is 0 Å². The van der Waals surface area contributed by atoms with Gasteiger partial charge in [-0.2, -0.15) is 0 Å². The molecule has 0 radical (unpaired) electrons. The van der Waals surface area contributed by atoms with Crippen LogP contribution in [-0.4, -0.2) is 34.7 Å². The van der Waals surface area contributed by atoms with Gasteiger partial charge in [-0.15, -0.1) is 10.2 Å². The second kappa shape index (κ2) is 8.90. The van der Waals surface area contributed by atoms with Crippen LogP contribution in [0, 0.1) is 6.92 Å². The van der Waals surface area contributed by atoms with Gasteiger partial charge in [-0.05, 0) is 73.4 Å². The smallest absolute Gasteiger partial charge is 0.254 e. The number of hydrogen-bond donors (Lipinski definition) is 0. The first-order valence-electron chi connectivity index (χ1n) is 11.1. The largest absolute Gasteiger partial charge is 0.497 e. The Morgan fingerprint density at radius 1 is 1.00 bits per heavy atom. The molecule has 1 aliphatic heterocycles. The molecule has 0 aliphatic carbocycles. The average Bonchev–Trinajstić information content (AvgIpc) is 3.54. The van der Waals surface area contributed by atoms with Crippen LogP contribution < -0.4 is 4.74 Å². The number of rotatable bonds is 5. The van der Waals surface area contributed by atoms with Gasteiger partial charge in [0.15, 0.2) is 0 Å². The predicted octanol–water partition coefficient (Wildman–Crippen LogP) is 5.70. The molecule has 1 unspecified atom stereocenters. The van der Waals surface area contributed by atoms with Crippen molar-refractivity contribution in [3.63, 3.8) is 0 Å². The van der Waals surface area contributed by atoms with Crippen LogP contribution in [0.1, 0.15) is 40.4 Å². The molecule has 1 fully saturated rings. The second-order valence-electron chi connectivity index (χ2n) is 8.24. The van der Waals surface area contributed by atoms with E-state index in [1.807, 2.05) is 78.6 Å². The Bertz CT molecular complexity index is 1280. The zero-order valence-electron chi connectivity index (χ0n) is 18.7. The fraction of sp³-hybridized carbons (Fsp3) is 0.222. The standard InChI is InChI=1S/C27H25N3O3/c1-18-7-3-4-10-23(18)26-29-28-25(33-26)19-12-14-20(15-13-19)27(31)30-16-6-11-24(30)21-8-5-9-22(17-21)32-2/h3-5,7-10,12-15,17,24H,6,11,16H2,1-2H3. The van der Waals surface area contributed by atoms with Crippen molar-refractivity contribution in [1.29, 1.82) is 0 Å². The summed E-state index contributed by atoms with van der Waals surface area (Å²) in [6.45, 7) is 2.75. The highest BCUT2D eigenvalue weighted by Crippen LogP contribution is 2.35. The topological polar surface area (TPSA) is 68.5 Å². The van der Waals surface area contributed by atoms with Crippen LogP contribution in [0.3, 0.4) is 0 Å². The van der Waals surface area contributed by atoms with Crippen LogP contribution in [0.2, 0.25) is 0 Å². The first kappa shape index (κ1) is 20.9. The van der Waals surface area contributed by atoms with Gasteiger partial charge in [0, 0.05) is 23.2 Å². The molecule has 4 aromatic rings. The number of likely N-dealkylation sites (tertiary alicyclic amines) is 1. The lowest BCUT2D eigenvalue weighted by molar-refractivity contribution is 0.0735. The van der Waals surface area contributed by atoms with Gasteiger partial charge in [-0.3, -0.25) is 4.79 Å². The number of carbonyl (C=O) groups excluding carboxylic acids is 1. The molecule has 1 aliphatic rings. The number of hydrogen-bond acceptors (Lipinski definition) is 5. The van der Waals surface area contributed by atoms with Gasteiger partial charge in [0.25, 0.3) is 5.91 Å². The third kappa shape index (κ3) is 4.12. The number of amides is 1. The minimum absolute atomic E-state index is 0.0259. The van der Waals surface area contributed by atoms with Gasteiger partial charge >= 0.3 is 0 Å². The lowest BCUT2D eigenvalue weighted by Crippen LogP contribution is -2.30. The molecular formula is C27H25N3O3. The van der Waals surface area contributed by atoms with E-state index in [4.69, 9.17) is 9.15 Å². The lowest BCUT2D eigenvalue weighted by atomic mass is 10.0. The van der Waals surface area contributed by atoms with Crippen molar-refractivity contribution in [3.05, 3.63) is 89.5 Å². The Kier molecular flexibility index (Phi) is 5.65. The van der Waals surface area contributed by atoms with E-state index in [0.717, 1.165) is 47.4 Å². The van der Waals surface area contributed by atoms with Crippen molar-refractivity contribution in [2.45, 2.75) is 25.8 Å². The molecule has 1 atom stereocenters. The number of aryl methyl sites for hydroxylation is 1. The van der Waals surface area contributed by atoms with Gasteiger partial charge < -0.3 is 14.1 Å². The summed E-state index contributed by atoms with van der Waals surface area (Å²) >= 11 is 0. The fourth-order valence-corrected chi connectivity index (χ4v) is 4.39. The normalized spacial score (nSPS) is 15.6. The van der Waals surface area contributed by atoms with Crippen molar-refractivity contribution in [2.24, 2.45) is 0 Å². The molecule has 3 aromatic carbocycles. The van der Waals surface area contributed by atoms with Gasteiger partial charge in [0.1, 0.15) is 5.75 Å². The molecule has 5 rings (SSSR count). The highest BCUT2D eigenvalue weighted by Gasteiger charge is 2.30. The number of methoxy groups -OCH3 is 1. The molecule has 33 heavy (non-hydrogen) atoms. The number of ether oxygens (including phenoxy) is 1. The maximum absolute atomic E-state index is 13.3. The summed E-state index contributed by atoms with van der Waals surface area (Å²) in [7, 11) is 1.66. The first-order chi connectivity index (χ1) is 16.1. The molecule has 1 saturated heterocycles. The van der Waals surface area contributed by atoms with E-state index in [9.17, 15) is 4.79 Å². The summed E-state index contributed by atoms with van der Waals surface area (Å²) in [5, 5.41) is 8.40. The highest BCUT2D eigenvalue weighted by atomic mass is 16.5. The van der Waals surface area contributed by atoms with Crippen LogP contribution in [0.5, 0.6) is 5.75 Å². The number of benzene rings is 3. The van der Waals surface area contributed by atoms with Gasteiger partial charge in [0.05, 0.1) is 13.2 Å². The molecule has 0 bridgehead atoms. The molecule has 0 saturated carbocycles. The molecule has 1 amide bonds. The summed E-state index contributed by atoms with van der Waals surface area (Å²) in [4.78, 5) is 15.3. The summed E-state index contributed by atoms with van der Waals surface area (Å²) in [5.74, 6) is 1.75. The molecule has 166 valence electrons. The van der Waals surface area contributed by atoms with E-state index >= 15 is 0 Å². The zero-order valence-corrected chi connectivity index (χ0v) is 18.7. The summed E-state index contributed by atoms with van der Waals surface area (Å²) in [5.41, 5.74) is 4.52. The van der Waals surface area contributed by atoms with E-state index in [2.05, 4.69) is 16.3 Å². The molecule has 0 spiro atoms. The summed E-state index contributed by atoms with van der Waals surface area (Å²) < 4.78 is 11.3. The van der Waals surface area contributed by atoms with Crippen LogP contribution in [0.4, 0.5) is 0 Å². The minimum Gasteiger partial charge on any atom is -0.497 e. The van der Waals surface area contributed by atoms with Crippen molar-refractivity contribution in [3.8, 4) is 28.7 Å². The summed E-state index contributed by atoms with van der Waals surface area (Å²) in [6, 6.07) is 23.3. The predicted molar refractivity (Wildman–Crippen MR) is 126 cm³/mol. The Labute approximate surface area is 192 Å². The average molecular weight is 440 g/mol. The number of aromatic nitrogens is 2. The van der Waals surface area contributed by atoms with E-state index < -0.39 is 0 Å². The van der Waals surface area contributed by atoms with Crippen molar-refractivity contribution < 1.29 is 13.9 Å². The maximum Gasteiger partial charge on any atom is 0.254 e. The number of nitrogens with zero attached hydrogens (tertiary/aromatic N) is 3. The molecular weight excluding hydrogens is 414 g/mol. The van der Waals surface area contributed by atoms with Gasteiger partial charge in [-0.1, -0.05) is 30.3 Å². The maximum atomic E-state index is 13.3. The Balaban J connectivity index is 1.35. The lowest BCUT2D eigenvalue weighted by Gasteiger charge is -2.25. The van der Waals surface area contributed by atoms with E-state index in [1.54, 1.807) is 7.11 Å². The molecule has 6 nitrogen and oxygen atoms in total. The molecule has 0 N–H and O–H groups in total. The molecule has 6 heteroatoms. The third-order valence-electron chi connectivity index (χ3n) is 6.17. The Morgan fingerprint density at radius 2 is 1.79 bits per heavy atom. The van der Waals surface area contributed by atoms with Crippen LogP contribution in [0.15, 0.2) is 77.2 Å². The van der Waals surface area contributed by atoms with E-state index in [-0.39, 0.29) is 11.9 Å². The second-order valence-corrected chi connectivity index (χ2v) is 8.24. The van der Waals surface area contributed by atoms with Crippen molar-refractivity contribution in [1.82, 2.24) is 15.1 Å². The van der Waals surface area contributed by atoms with E-state index in [1.165, 1.54) is 0 Å². The van der Waals surface area contributed by atoms with E-state index in [0.29, 0.717) is 17.3 Å². The Hall–Kier alpha value is -3.93. The fourth-order valence-electron chi connectivity index (χ4n) is 4.39. The molecule has 1 aromatic heterocycles. The van der Waals surface area contributed by atoms with Crippen molar-refractivity contribution in [2.75, 3.05) is 13.7 Å². The SMILES string of the molecule is COc1cccc(C2CCCN2C(=O)c2ccc(-c3nnc(-c4ccccc4C)o3)cc2)c1. The van der Waals surface area contributed by atoms with Gasteiger partial charge in [0.2, 0.25) is 11.8 Å². The quantitative estimate of drug-likeness (QED) is 0.399. The summed E-state index contributed by atoms with van der Waals surface area (Å²) in [6.07, 6.45) is 1.93.